The van der Waals surface area contributed by atoms with Gasteiger partial charge in [0.15, 0.2) is 0 Å². The third-order valence-corrected chi connectivity index (χ3v) is 7.15. The first-order chi connectivity index (χ1) is 14.4. The zero-order valence-electron chi connectivity index (χ0n) is 17.5. The van der Waals surface area contributed by atoms with E-state index in [1.54, 1.807) is 4.90 Å². The van der Waals surface area contributed by atoms with E-state index in [-0.39, 0.29) is 24.3 Å². The second kappa shape index (κ2) is 8.38. The summed E-state index contributed by atoms with van der Waals surface area (Å²) in [6.45, 7) is 3.01. The molecule has 1 aromatic rings. The van der Waals surface area contributed by atoms with Crippen LogP contribution in [0.4, 0.5) is 4.79 Å². The monoisotopic (exact) mass is 413 g/mol. The van der Waals surface area contributed by atoms with Gasteiger partial charge < -0.3 is 15.3 Å². The fourth-order valence-corrected chi connectivity index (χ4v) is 5.04. The average molecular weight is 414 g/mol. The summed E-state index contributed by atoms with van der Waals surface area (Å²) in [4.78, 5) is 41.0. The number of rotatable bonds is 4. The number of hydrogen-bond acceptors (Lipinski definition) is 4. The number of piperidine rings is 1. The van der Waals surface area contributed by atoms with Crippen LogP contribution in [0.25, 0.3) is 0 Å². The maximum atomic E-state index is 13.0. The fourth-order valence-electron chi connectivity index (χ4n) is 5.04. The molecule has 7 heteroatoms. The van der Waals surface area contributed by atoms with Crippen molar-refractivity contribution in [2.24, 2.45) is 11.8 Å². The van der Waals surface area contributed by atoms with E-state index in [4.69, 9.17) is 0 Å². The molecule has 1 aromatic carbocycles. The van der Waals surface area contributed by atoms with Gasteiger partial charge in [-0.2, -0.15) is 0 Å². The smallest absolute Gasteiger partial charge is 0.325 e. The molecular formula is C23H31N3O4. The number of nitrogens with zero attached hydrogens (tertiary/aromatic N) is 2. The molecule has 3 fully saturated rings. The number of amides is 4. The van der Waals surface area contributed by atoms with E-state index < -0.39 is 17.7 Å². The molecule has 2 heterocycles. The molecule has 1 atom stereocenters. The SMILES string of the molecule is CC1CCC2(CC1)NC(=O)N(CC(=O)N1CCC(C(O)c3ccccc3)CC1)C2=O. The van der Waals surface area contributed by atoms with Crippen LogP contribution in [0, 0.1) is 11.8 Å². The Bertz CT molecular complexity index is 796. The Morgan fingerprint density at radius 2 is 1.77 bits per heavy atom. The van der Waals surface area contributed by atoms with Crippen LogP contribution in [-0.4, -0.2) is 57.9 Å². The number of carbonyl (C=O) groups excluding carboxylic acids is 3. The minimum absolute atomic E-state index is 0.0978. The number of imide groups is 1. The normalized spacial score (nSPS) is 28.7. The van der Waals surface area contributed by atoms with Gasteiger partial charge in [-0.05, 0) is 55.9 Å². The minimum Gasteiger partial charge on any atom is -0.388 e. The summed E-state index contributed by atoms with van der Waals surface area (Å²) in [5.74, 6) is 0.207. The van der Waals surface area contributed by atoms with Crippen molar-refractivity contribution in [1.29, 1.82) is 0 Å². The van der Waals surface area contributed by atoms with Crippen LogP contribution < -0.4 is 5.32 Å². The number of hydrogen-bond donors (Lipinski definition) is 2. The summed E-state index contributed by atoms with van der Waals surface area (Å²) in [6, 6.07) is 9.14. The van der Waals surface area contributed by atoms with Gasteiger partial charge in [0.2, 0.25) is 5.91 Å². The fraction of sp³-hybridized carbons (Fsp3) is 0.609. The molecule has 7 nitrogen and oxygen atoms in total. The Balaban J connectivity index is 1.32. The lowest BCUT2D eigenvalue weighted by Crippen LogP contribution is -2.50. The van der Waals surface area contributed by atoms with Crippen LogP contribution in [0.5, 0.6) is 0 Å². The maximum Gasteiger partial charge on any atom is 0.325 e. The minimum atomic E-state index is -0.809. The Kier molecular flexibility index (Phi) is 5.82. The number of urea groups is 1. The van der Waals surface area contributed by atoms with Crippen LogP contribution in [0.1, 0.15) is 57.1 Å². The van der Waals surface area contributed by atoms with E-state index in [1.165, 1.54) is 0 Å². The summed E-state index contributed by atoms with van der Waals surface area (Å²) >= 11 is 0. The number of nitrogens with one attached hydrogen (secondary N) is 1. The van der Waals surface area contributed by atoms with E-state index in [9.17, 15) is 19.5 Å². The predicted octanol–water partition coefficient (Wildman–Crippen LogP) is 2.46. The average Bonchev–Trinajstić information content (AvgIpc) is 3.00. The first kappa shape index (κ1) is 20.8. The van der Waals surface area contributed by atoms with Crippen LogP contribution in [0.2, 0.25) is 0 Å². The summed E-state index contributed by atoms with van der Waals surface area (Å²) in [5.41, 5.74) is 0.0881. The molecule has 4 rings (SSSR count). The van der Waals surface area contributed by atoms with Gasteiger partial charge in [-0.25, -0.2) is 4.79 Å². The lowest BCUT2D eigenvalue weighted by Gasteiger charge is -2.35. The number of likely N-dealkylation sites (tertiary alicyclic amines) is 1. The Morgan fingerprint density at radius 1 is 1.13 bits per heavy atom. The number of benzene rings is 1. The summed E-state index contributed by atoms with van der Waals surface area (Å²) in [6.07, 6.45) is 3.96. The zero-order chi connectivity index (χ0) is 21.3. The molecule has 30 heavy (non-hydrogen) atoms. The van der Waals surface area contributed by atoms with Crippen molar-refractivity contribution >= 4 is 17.8 Å². The van der Waals surface area contributed by atoms with E-state index in [2.05, 4.69) is 12.2 Å². The quantitative estimate of drug-likeness (QED) is 0.742. The standard InChI is InChI=1S/C23H31N3O4/c1-16-7-11-23(12-8-16)21(29)26(22(30)24-23)15-19(27)25-13-9-18(10-14-25)20(28)17-5-3-2-4-6-17/h2-6,16,18,20,28H,7-15H2,1H3,(H,24,30). The van der Waals surface area contributed by atoms with Gasteiger partial charge in [-0.15, -0.1) is 0 Å². The topological polar surface area (TPSA) is 90.0 Å². The molecule has 4 amide bonds. The predicted molar refractivity (Wildman–Crippen MR) is 111 cm³/mol. The summed E-state index contributed by atoms with van der Waals surface area (Å²) < 4.78 is 0. The Morgan fingerprint density at radius 3 is 2.40 bits per heavy atom. The zero-order valence-corrected chi connectivity index (χ0v) is 17.5. The molecule has 0 radical (unpaired) electrons. The lowest BCUT2D eigenvalue weighted by molar-refractivity contribution is -0.140. The molecule has 2 N–H and O–H groups in total. The molecule has 2 aliphatic heterocycles. The first-order valence-corrected chi connectivity index (χ1v) is 11.0. The third-order valence-electron chi connectivity index (χ3n) is 7.15. The van der Waals surface area contributed by atoms with Crippen molar-refractivity contribution in [3.63, 3.8) is 0 Å². The molecule has 1 spiro atoms. The molecule has 162 valence electrons. The van der Waals surface area contributed by atoms with E-state index >= 15 is 0 Å². The van der Waals surface area contributed by atoms with Gasteiger partial charge in [-0.1, -0.05) is 37.3 Å². The van der Waals surface area contributed by atoms with E-state index in [0.717, 1.165) is 23.3 Å². The molecule has 3 aliphatic rings. The van der Waals surface area contributed by atoms with Gasteiger partial charge in [0.25, 0.3) is 5.91 Å². The van der Waals surface area contributed by atoms with Crippen molar-refractivity contribution in [2.45, 2.75) is 57.1 Å². The molecular weight excluding hydrogens is 382 g/mol. The van der Waals surface area contributed by atoms with Crippen molar-refractivity contribution in [3.05, 3.63) is 35.9 Å². The van der Waals surface area contributed by atoms with Gasteiger partial charge in [0.1, 0.15) is 12.1 Å². The second-order valence-corrected chi connectivity index (χ2v) is 9.16. The van der Waals surface area contributed by atoms with Crippen molar-refractivity contribution < 1.29 is 19.5 Å². The van der Waals surface area contributed by atoms with E-state index in [0.29, 0.717) is 44.7 Å². The van der Waals surface area contributed by atoms with Gasteiger partial charge in [-0.3, -0.25) is 14.5 Å². The molecule has 0 bridgehead atoms. The van der Waals surface area contributed by atoms with E-state index in [1.807, 2.05) is 30.3 Å². The summed E-state index contributed by atoms with van der Waals surface area (Å²) in [7, 11) is 0. The van der Waals surface area contributed by atoms with Crippen molar-refractivity contribution in [1.82, 2.24) is 15.1 Å². The Labute approximate surface area is 177 Å². The number of aliphatic hydroxyl groups is 1. The number of carbonyl (C=O) groups is 3. The van der Waals surface area contributed by atoms with Gasteiger partial charge in [0, 0.05) is 13.1 Å². The Hall–Kier alpha value is -2.41. The first-order valence-electron chi connectivity index (χ1n) is 11.0. The second-order valence-electron chi connectivity index (χ2n) is 9.16. The summed E-state index contributed by atoms with van der Waals surface area (Å²) in [5, 5.41) is 13.5. The molecule has 0 aromatic heterocycles. The third kappa shape index (κ3) is 3.95. The lowest BCUT2D eigenvalue weighted by atomic mass is 9.77. The molecule has 1 aliphatic carbocycles. The highest BCUT2D eigenvalue weighted by Crippen LogP contribution is 2.36. The van der Waals surface area contributed by atoms with Gasteiger partial charge >= 0.3 is 6.03 Å². The van der Waals surface area contributed by atoms with Crippen molar-refractivity contribution in [2.75, 3.05) is 19.6 Å². The molecule has 1 unspecified atom stereocenters. The van der Waals surface area contributed by atoms with Crippen molar-refractivity contribution in [3.8, 4) is 0 Å². The highest BCUT2D eigenvalue weighted by Gasteiger charge is 2.52. The van der Waals surface area contributed by atoms with Gasteiger partial charge in [0.05, 0.1) is 6.10 Å². The highest BCUT2D eigenvalue weighted by atomic mass is 16.3. The molecule has 2 saturated heterocycles. The number of aliphatic hydroxyl groups excluding tert-OH is 1. The maximum absolute atomic E-state index is 13.0. The molecule has 1 saturated carbocycles. The highest BCUT2D eigenvalue weighted by molar-refractivity contribution is 6.09. The van der Waals surface area contributed by atoms with Crippen LogP contribution in [-0.2, 0) is 9.59 Å². The van der Waals surface area contributed by atoms with Crippen LogP contribution in [0.15, 0.2) is 30.3 Å². The van der Waals surface area contributed by atoms with Crippen LogP contribution in [0.3, 0.4) is 0 Å². The largest absolute Gasteiger partial charge is 0.388 e. The van der Waals surface area contributed by atoms with Crippen LogP contribution >= 0.6 is 0 Å².